The lowest BCUT2D eigenvalue weighted by molar-refractivity contribution is 0.188. The monoisotopic (exact) mass is 368 g/mol. The van der Waals surface area contributed by atoms with Crippen molar-refractivity contribution in [2.45, 2.75) is 13.8 Å². The maximum Gasteiger partial charge on any atom is 0.141 e. The molecule has 6 heteroatoms. The molecule has 1 fully saturated rings. The van der Waals surface area contributed by atoms with Crippen LogP contribution in [0, 0.1) is 13.8 Å². The maximum atomic E-state index is 9.15. The van der Waals surface area contributed by atoms with E-state index in [2.05, 4.69) is 57.2 Å². The number of piperazine rings is 1. The molecule has 0 unspecified atom stereocenters. The zero-order valence-corrected chi connectivity index (χ0v) is 16.1. The smallest absolute Gasteiger partial charge is 0.141 e. The number of aryl methyl sites for hydroxylation is 2. The number of fused-ring (bicyclic) bond motifs is 1. The van der Waals surface area contributed by atoms with Crippen LogP contribution in [0.1, 0.15) is 11.1 Å². The topological polar surface area (TPSA) is 52.5 Å². The molecule has 0 aliphatic carbocycles. The van der Waals surface area contributed by atoms with Gasteiger partial charge < -0.3 is 10.0 Å². The molecule has 4 rings (SSSR count). The van der Waals surface area contributed by atoms with Crippen molar-refractivity contribution in [3.63, 3.8) is 0 Å². The zero-order chi connectivity index (χ0) is 18.1. The van der Waals surface area contributed by atoms with Gasteiger partial charge >= 0.3 is 0 Å². The number of rotatable bonds is 4. The number of hydrogen-bond acceptors (Lipinski definition) is 6. The minimum Gasteiger partial charge on any atom is -0.395 e. The number of nitrogens with zero attached hydrogens (tertiary/aromatic N) is 4. The van der Waals surface area contributed by atoms with Crippen LogP contribution in [0.4, 0.5) is 5.82 Å². The molecule has 5 nitrogen and oxygen atoms in total. The number of aliphatic hydroxyl groups is 1. The van der Waals surface area contributed by atoms with Gasteiger partial charge in [0.15, 0.2) is 0 Å². The molecule has 3 heterocycles. The largest absolute Gasteiger partial charge is 0.395 e. The molecule has 1 saturated heterocycles. The molecule has 0 atom stereocenters. The van der Waals surface area contributed by atoms with Crippen molar-refractivity contribution < 1.29 is 5.11 Å². The molecule has 1 aromatic carbocycles. The van der Waals surface area contributed by atoms with Crippen LogP contribution in [0.3, 0.4) is 0 Å². The highest BCUT2D eigenvalue weighted by Crippen LogP contribution is 2.39. The van der Waals surface area contributed by atoms with Crippen LogP contribution in [0.15, 0.2) is 29.9 Å². The van der Waals surface area contributed by atoms with Gasteiger partial charge in [0.05, 0.1) is 12.0 Å². The number of aromatic nitrogens is 2. The number of benzene rings is 1. The molecule has 136 valence electrons. The van der Waals surface area contributed by atoms with Crippen LogP contribution in [0.5, 0.6) is 0 Å². The van der Waals surface area contributed by atoms with E-state index in [-0.39, 0.29) is 6.61 Å². The lowest BCUT2D eigenvalue weighted by atomic mass is 9.99. The van der Waals surface area contributed by atoms with E-state index in [0.29, 0.717) is 0 Å². The summed E-state index contributed by atoms with van der Waals surface area (Å²) in [5.41, 5.74) is 5.06. The van der Waals surface area contributed by atoms with E-state index in [1.165, 1.54) is 27.6 Å². The van der Waals surface area contributed by atoms with Crippen molar-refractivity contribution in [1.29, 1.82) is 0 Å². The summed E-state index contributed by atoms with van der Waals surface area (Å²) in [5, 5.41) is 12.5. The Morgan fingerprint density at radius 2 is 1.88 bits per heavy atom. The summed E-state index contributed by atoms with van der Waals surface area (Å²) in [6.45, 7) is 9.02. The molecule has 0 spiro atoms. The van der Waals surface area contributed by atoms with E-state index in [0.717, 1.165) is 43.4 Å². The predicted octanol–water partition coefficient (Wildman–Crippen LogP) is 3.09. The molecule has 0 bridgehead atoms. The molecule has 0 radical (unpaired) electrons. The molecule has 0 saturated carbocycles. The van der Waals surface area contributed by atoms with E-state index in [9.17, 15) is 0 Å². The van der Waals surface area contributed by atoms with Crippen molar-refractivity contribution in [3.05, 3.63) is 41.0 Å². The maximum absolute atomic E-state index is 9.15. The van der Waals surface area contributed by atoms with Crippen LogP contribution in [0.2, 0.25) is 0 Å². The first kappa shape index (κ1) is 17.4. The van der Waals surface area contributed by atoms with Crippen LogP contribution >= 0.6 is 11.3 Å². The number of aliphatic hydroxyl groups excluding tert-OH is 1. The summed E-state index contributed by atoms with van der Waals surface area (Å²) >= 11 is 1.69. The lowest BCUT2D eigenvalue weighted by Crippen LogP contribution is -2.47. The summed E-state index contributed by atoms with van der Waals surface area (Å²) in [6.07, 6.45) is 1.68. The SMILES string of the molecule is Cc1ccc(-c2csc3ncnc(N4CCN(CCO)CC4)c23)c(C)c1. The first-order chi connectivity index (χ1) is 12.7. The van der Waals surface area contributed by atoms with Gasteiger partial charge in [0.1, 0.15) is 17.0 Å². The van der Waals surface area contributed by atoms with Gasteiger partial charge in [-0.25, -0.2) is 9.97 Å². The average Bonchev–Trinajstić information content (AvgIpc) is 3.07. The third-order valence-corrected chi connectivity index (χ3v) is 6.00. The van der Waals surface area contributed by atoms with Gasteiger partial charge in [-0.1, -0.05) is 23.8 Å². The van der Waals surface area contributed by atoms with Gasteiger partial charge in [0.25, 0.3) is 0 Å². The quantitative estimate of drug-likeness (QED) is 0.767. The van der Waals surface area contributed by atoms with Crippen LogP contribution < -0.4 is 4.90 Å². The Morgan fingerprint density at radius 1 is 1.08 bits per heavy atom. The Labute approximate surface area is 157 Å². The Bertz CT molecular complexity index is 915. The zero-order valence-electron chi connectivity index (χ0n) is 15.3. The van der Waals surface area contributed by atoms with Crippen molar-refractivity contribution >= 4 is 27.4 Å². The van der Waals surface area contributed by atoms with Gasteiger partial charge in [-0.2, -0.15) is 0 Å². The Morgan fingerprint density at radius 3 is 2.62 bits per heavy atom. The Balaban J connectivity index is 1.74. The van der Waals surface area contributed by atoms with E-state index in [4.69, 9.17) is 5.11 Å². The van der Waals surface area contributed by atoms with Crippen LogP contribution in [-0.4, -0.2) is 59.3 Å². The number of β-amino-alcohol motifs (C(OH)–C–C–N with tert-alkyl or cyclic N) is 1. The van der Waals surface area contributed by atoms with Crippen LogP contribution in [0.25, 0.3) is 21.3 Å². The number of thiophene rings is 1. The van der Waals surface area contributed by atoms with Crippen molar-refractivity contribution in [1.82, 2.24) is 14.9 Å². The van der Waals surface area contributed by atoms with E-state index in [1.807, 2.05) is 0 Å². The van der Waals surface area contributed by atoms with Crippen molar-refractivity contribution in [3.8, 4) is 11.1 Å². The molecule has 26 heavy (non-hydrogen) atoms. The molecule has 0 amide bonds. The van der Waals surface area contributed by atoms with E-state index < -0.39 is 0 Å². The highest BCUT2D eigenvalue weighted by Gasteiger charge is 2.22. The third-order valence-electron chi connectivity index (χ3n) is 5.11. The van der Waals surface area contributed by atoms with Gasteiger partial charge in [0.2, 0.25) is 0 Å². The summed E-state index contributed by atoms with van der Waals surface area (Å²) in [5.74, 6) is 1.04. The van der Waals surface area contributed by atoms with Gasteiger partial charge in [-0.05, 0) is 25.0 Å². The second-order valence-corrected chi connectivity index (χ2v) is 7.76. The Hall–Kier alpha value is -2.02. The summed E-state index contributed by atoms with van der Waals surface area (Å²) in [6, 6.07) is 6.61. The van der Waals surface area contributed by atoms with E-state index >= 15 is 0 Å². The van der Waals surface area contributed by atoms with E-state index in [1.54, 1.807) is 17.7 Å². The molecule has 1 N–H and O–H groups in total. The first-order valence-electron chi connectivity index (χ1n) is 9.05. The van der Waals surface area contributed by atoms with Crippen molar-refractivity contribution in [2.24, 2.45) is 0 Å². The molecule has 1 aliphatic rings. The standard InChI is InChI=1S/C20H24N4OS/c1-14-3-4-16(15(2)11-14)17-12-26-20-18(17)19(21-13-22-20)24-7-5-23(6-8-24)9-10-25/h3-4,11-13,25H,5-10H2,1-2H3. The van der Waals surface area contributed by atoms with Gasteiger partial charge in [-0.15, -0.1) is 11.3 Å². The Kier molecular flexibility index (Phi) is 4.89. The molecule has 2 aromatic heterocycles. The third kappa shape index (κ3) is 3.20. The minimum absolute atomic E-state index is 0.221. The number of hydrogen-bond donors (Lipinski definition) is 1. The van der Waals surface area contributed by atoms with Crippen LogP contribution in [-0.2, 0) is 0 Å². The second-order valence-electron chi connectivity index (χ2n) is 6.90. The summed E-state index contributed by atoms with van der Waals surface area (Å²) in [4.78, 5) is 14.9. The average molecular weight is 369 g/mol. The fraction of sp³-hybridized carbons (Fsp3) is 0.400. The predicted molar refractivity (Wildman–Crippen MR) is 108 cm³/mol. The highest BCUT2D eigenvalue weighted by molar-refractivity contribution is 7.17. The fourth-order valence-electron chi connectivity index (χ4n) is 3.74. The fourth-order valence-corrected chi connectivity index (χ4v) is 4.64. The second kappa shape index (κ2) is 7.31. The molecule has 1 aliphatic heterocycles. The lowest BCUT2D eigenvalue weighted by Gasteiger charge is -2.35. The van der Waals surface area contributed by atoms with Gasteiger partial charge in [0, 0.05) is 43.7 Å². The highest BCUT2D eigenvalue weighted by atomic mass is 32.1. The summed E-state index contributed by atoms with van der Waals surface area (Å²) in [7, 11) is 0. The van der Waals surface area contributed by atoms with Crippen molar-refractivity contribution in [2.75, 3.05) is 44.2 Å². The molecule has 3 aromatic rings. The minimum atomic E-state index is 0.221. The first-order valence-corrected chi connectivity index (χ1v) is 9.93. The molecular formula is C20H24N4OS. The summed E-state index contributed by atoms with van der Waals surface area (Å²) < 4.78 is 0. The molecular weight excluding hydrogens is 344 g/mol. The van der Waals surface area contributed by atoms with Gasteiger partial charge in [-0.3, -0.25) is 4.90 Å². The number of anilines is 1. The normalized spacial score (nSPS) is 15.7.